The Morgan fingerprint density at radius 3 is 2.58 bits per heavy atom. The number of hydrogen-bond acceptors (Lipinski definition) is 4. The molecule has 1 saturated heterocycles. The van der Waals surface area contributed by atoms with E-state index in [1.165, 1.54) is 11.4 Å². The van der Waals surface area contributed by atoms with Crippen LogP contribution in [0, 0.1) is 5.92 Å². The molecule has 24 heavy (non-hydrogen) atoms. The molecule has 1 atom stereocenters. The second-order valence-corrected chi connectivity index (χ2v) is 8.00. The fourth-order valence-electron chi connectivity index (χ4n) is 2.87. The molecule has 1 aliphatic rings. The lowest BCUT2D eigenvalue weighted by Gasteiger charge is -2.33. The van der Waals surface area contributed by atoms with Crippen molar-refractivity contribution >= 4 is 21.9 Å². The Kier molecular flexibility index (Phi) is 5.95. The van der Waals surface area contributed by atoms with E-state index in [4.69, 9.17) is 5.11 Å². The van der Waals surface area contributed by atoms with Crippen LogP contribution in [0.5, 0.6) is 0 Å². The number of piperidine rings is 1. The van der Waals surface area contributed by atoms with Crippen molar-refractivity contribution in [1.82, 2.24) is 9.21 Å². The van der Waals surface area contributed by atoms with Gasteiger partial charge < -0.3 is 10.0 Å². The van der Waals surface area contributed by atoms with Gasteiger partial charge >= 0.3 is 5.97 Å². The van der Waals surface area contributed by atoms with Crippen LogP contribution < -0.4 is 0 Å². The molecule has 1 aliphatic heterocycles. The summed E-state index contributed by atoms with van der Waals surface area (Å²) < 4.78 is 26.5. The molecule has 132 valence electrons. The van der Waals surface area contributed by atoms with E-state index in [0.717, 1.165) is 4.90 Å². The van der Waals surface area contributed by atoms with E-state index in [0.29, 0.717) is 24.9 Å². The first-order valence-corrected chi connectivity index (χ1v) is 9.39. The van der Waals surface area contributed by atoms with E-state index in [1.54, 1.807) is 24.3 Å². The number of benzene rings is 1. The van der Waals surface area contributed by atoms with Gasteiger partial charge in [0.05, 0.1) is 11.7 Å². The molecule has 0 aromatic heterocycles. The zero-order chi connectivity index (χ0) is 17.7. The molecule has 1 aromatic rings. The van der Waals surface area contributed by atoms with Crippen LogP contribution in [0.15, 0.2) is 30.3 Å². The van der Waals surface area contributed by atoms with Crippen molar-refractivity contribution in [2.75, 3.05) is 26.7 Å². The van der Waals surface area contributed by atoms with E-state index in [2.05, 4.69) is 0 Å². The van der Waals surface area contributed by atoms with Gasteiger partial charge in [-0.25, -0.2) is 12.7 Å². The first-order valence-electron chi connectivity index (χ1n) is 7.78. The smallest absolute Gasteiger partial charge is 0.323 e. The Labute approximate surface area is 141 Å². The number of carbonyl (C=O) groups excluding carboxylic acids is 1. The monoisotopic (exact) mass is 354 g/mol. The molecule has 0 saturated carbocycles. The number of sulfonamides is 1. The van der Waals surface area contributed by atoms with Gasteiger partial charge in [0.1, 0.15) is 6.54 Å². The molecule has 0 aliphatic carbocycles. The van der Waals surface area contributed by atoms with Gasteiger partial charge in [0.2, 0.25) is 15.9 Å². The minimum absolute atomic E-state index is 0.0975. The van der Waals surface area contributed by atoms with Crippen molar-refractivity contribution < 1.29 is 23.1 Å². The Morgan fingerprint density at radius 2 is 1.96 bits per heavy atom. The lowest BCUT2D eigenvalue weighted by Crippen LogP contribution is -2.47. The quantitative estimate of drug-likeness (QED) is 0.814. The molecular formula is C16H22N2O5S. The highest BCUT2D eigenvalue weighted by atomic mass is 32.2. The number of rotatable bonds is 6. The Balaban J connectivity index is 2.04. The number of hydrogen-bond donors (Lipinski definition) is 1. The number of carboxylic acids is 1. The summed E-state index contributed by atoms with van der Waals surface area (Å²) in [5.74, 6) is -2.00. The molecule has 1 unspecified atom stereocenters. The van der Waals surface area contributed by atoms with Crippen molar-refractivity contribution in [1.29, 1.82) is 0 Å². The first-order chi connectivity index (χ1) is 11.3. The van der Waals surface area contributed by atoms with Gasteiger partial charge in [0.15, 0.2) is 0 Å². The highest BCUT2D eigenvalue weighted by molar-refractivity contribution is 7.88. The van der Waals surface area contributed by atoms with Crippen LogP contribution >= 0.6 is 0 Å². The number of likely N-dealkylation sites (N-methyl/N-ethyl adjacent to an activating group) is 1. The first kappa shape index (κ1) is 18.4. The van der Waals surface area contributed by atoms with Crippen LogP contribution in [0.3, 0.4) is 0 Å². The molecule has 2 rings (SSSR count). The third-order valence-electron chi connectivity index (χ3n) is 4.07. The molecule has 1 N–H and O–H groups in total. The highest BCUT2D eigenvalue weighted by Gasteiger charge is 2.33. The second-order valence-electron chi connectivity index (χ2n) is 6.03. The van der Waals surface area contributed by atoms with Gasteiger partial charge in [0.25, 0.3) is 0 Å². The number of amides is 1. The van der Waals surface area contributed by atoms with Crippen LogP contribution in [0.2, 0.25) is 0 Å². The average Bonchev–Trinajstić information content (AvgIpc) is 2.54. The maximum atomic E-state index is 12.6. The van der Waals surface area contributed by atoms with Crippen molar-refractivity contribution in [3.05, 3.63) is 35.9 Å². The van der Waals surface area contributed by atoms with E-state index in [9.17, 15) is 18.0 Å². The van der Waals surface area contributed by atoms with Crippen molar-refractivity contribution in [2.24, 2.45) is 5.92 Å². The third-order valence-corrected chi connectivity index (χ3v) is 5.88. The van der Waals surface area contributed by atoms with Crippen molar-refractivity contribution in [3.8, 4) is 0 Å². The fraction of sp³-hybridized carbons (Fsp3) is 0.500. The van der Waals surface area contributed by atoms with E-state index >= 15 is 0 Å². The maximum absolute atomic E-state index is 12.6. The van der Waals surface area contributed by atoms with Gasteiger partial charge in [-0.2, -0.15) is 0 Å². The molecule has 0 spiro atoms. The van der Waals surface area contributed by atoms with Crippen molar-refractivity contribution in [2.45, 2.75) is 18.6 Å². The summed E-state index contributed by atoms with van der Waals surface area (Å²) in [7, 11) is -2.08. The summed E-state index contributed by atoms with van der Waals surface area (Å²) in [5.41, 5.74) is 0.703. The van der Waals surface area contributed by atoms with Crippen LogP contribution in [-0.4, -0.2) is 61.3 Å². The third kappa shape index (κ3) is 4.78. The number of aliphatic carboxylic acids is 1. The van der Waals surface area contributed by atoms with Crippen LogP contribution in [0.25, 0.3) is 0 Å². The molecule has 1 fully saturated rings. The zero-order valence-electron chi connectivity index (χ0n) is 13.6. The van der Waals surface area contributed by atoms with E-state index in [-0.39, 0.29) is 24.7 Å². The SMILES string of the molecule is CN(CC(=O)O)C(=O)C1CCCN(S(=O)(=O)Cc2ccccc2)C1. The molecule has 7 nitrogen and oxygen atoms in total. The summed E-state index contributed by atoms with van der Waals surface area (Å²) in [6.07, 6.45) is 1.16. The minimum atomic E-state index is -3.51. The predicted octanol–water partition coefficient (Wildman–Crippen LogP) is 0.771. The van der Waals surface area contributed by atoms with Crippen LogP contribution in [-0.2, 0) is 25.4 Å². The number of carbonyl (C=O) groups is 2. The molecular weight excluding hydrogens is 332 g/mol. The standard InChI is InChI=1S/C16H22N2O5S/c1-17(11-15(19)20)16(21)14-8-5-9-18(10-14)24(22,23)12-13-6-3-2-4-7-13/h2-4,6-7,14H,5,8-12H2,1H3,(H,19,20). The molecule has 8 heteroatoms. The summed E-state index contributed by atoms with van der Waals surface area (Å²) in [4.78, 5) is 24.2. The van der Waals surface area contributed by atoms with Gasteiger partial charge in [-0.15, -0.1) is 0 Å². The summed E-state index contributed by atoms with van der Waals surface area (Å²) >= 11 is 0. The fourth-order valence-corrected chi connectivity index (χ4v) is 4.48. The zero-order valence-corrected chi connectivity index (χ0v) is 14.4. The predicted molar refractivity (Wildman–Crippen MR) is 88.6 cm³/mol. The van der Waals surface area contributed by atoms with Crippen molar-refractivity contribution in [3.63, 3.8) is 0 Å². The van der Waals surface area contributed by atoms with Crippen LogP contribution in [0.1, 0.15) is 18.4 Å². The molecule has 0 bridgehead atoms. The highest BCUT2D eigenvalue weighted by Crippen LogP contribution is 2.22. The Hall–Kier alpha value is -1.93. The van der Waals surface area contributed by atoms with E-state index in [1.807, 2.05) is 6.07 Å². The molecule has 1 aromatic carbocycles. The normalized spacial score (nSPS) is 19.0. The Bertz CT molecular complexity index is 690. The number of nitrogens with zero attached hydrogens (tertiary/aromatic N) is 2. The van der Waals surface area contributed by atoms with Gasteiger partial charge in [-0.3, -0.25) is 9.59 Å². The number of carboxylic acid groups (broad SMARTS) is 1. The van der Waals surface area contributed by atoms with Gasteiger partial charge in [-0.1, -0.05) is 30.3 Å². The molecule has 0 radical (unpaired) electrons. The van der Waals surface area contributed by atoms with Gasteiger partial charge in [0, 0.05) is 20.1 Å². The summed E-state index contributed by atoms with van der Waals surface area (Å²) in [5, 5.41) is 8.78. The Morgan fingerprint density at radius 1 is 1.29 bits per heavy atom. The second kappa shape index (κ2) is 7.76. The average molecular weight is 354 g/mol. The van der Waals surface area contributed by atoms with Gasteiger partial charge in [-0.05, 0) is 18.4 Å². The lowest BCUT2D eigenvalue weighted by atomic mass is 9.98. The largest absolute Gasteiger partial charge is 0.480 e. The minimum Gasteiger partial charge on any atom is -0.480 e. The molecule has 1 amide bonds. The lowest BCUT2D eigenvalue weighted by molar-refractivity contribution is -0.145. The molecule has 1 heterocycles. The summed E-state index contributed by atoms with van der Waals surface area (Å²) in [6, 6.07) is 8.90. The van der Waals surface area contributed by atoms with Crippen LogP contribution in [0.4, 0.5) is 0 Å². The maximum Gasteiger partial charge on any atom is 0.323 e. The summed E-state index contributed by atoms with van der Waals surface area (Å²) in [6.45, 7) is 0.117. The van der Waals surface area contributed by atoms with E-state index < -0.39 is 21.9 Å². The topological polar surface area (TPSA) is 95.0 Å².